The molecule has 0 spiro atoms. The van der Waals surface area contributed by atoms with Gasteiger partial charge in [0.2, 0.25) is 0 Å². The third-order valence-electron chi connectivity index (χ3n) is 4.64. The van der Waals surface area contributed by atoms with Gasteiger partial charge >= 0.3 is 0 Å². The summed E-state index contributed by atoms with van der Waals surface area (Å²) in [6, 6.07) is 0. The van der Waals surface area contributed by atoms with Crippen LogP contribution in [-0.4, -0.2) is 10.7 Å². The molecule has 1 rings (SSSR count). The van der Waals surface area contributed by atoms with E-state index in [9.17, 15) is 5.11 Å². The van der Waals surface area contributed by atoms with Crippen molar-refractivity contribution in [3.63, 3.8) is 0 Å². The molecule has 0 heterocycles. The van der Waals surface area contributed by atoms with Gasteiger partial charge in [0, 0.05) is 0 Å². The van der Waals surface area contributed by atoms with E-state index in [1.54, 1.807) is 0 Å². The smallest absolute Gasteiger partial charge is 0.0648 e. The standard InChI is InChI=1S/C16H32O/c1-5-6-7-8-11-16(17)12-9-14(10-13-16)15(2,3)4/h14,17H,5-13H2,1-4H3. The van der Waals surface area contributed by atoms with Crippen molar-refractivity contribution in [3.05, 3.63) is 0 Å². The monoisotopic (exact) mass is 240 g/mol. The number of hydrogen-bond donors (Lipinski definition) is 1. The fraction of sp³-hybridized carbons (Fsp3) is 1.00. The van der Waals surface area contributed by atoms with Crippen molar-refractivity contribution in [3.8, 4) is 0 Å². The summed E-state index contributed by atoms with van der Waals surface area (Å²) in [4.78, 5) is 0. The first-order valence-corrected chi connectivity index (χ1v) is 7.60. The fourth-order valence-corrected chi connectivity index (χ4v) is 3.15. The van der Waals surface area contributed by atoms with Gasteiger partial charge in [0.25, 0.3) is 0 Å². The first-order chi connectivity index (χ1) is 7.87. The second-order valence-electron chi connectivity index (χ2n) is 7.18. The molecule has 1 fully saturated rings. The van der Waals surface area contributed by atoms with Crippen molar-refractivity contribution in [2.24, 2.45) is 11.3 Å². The first-order valence-electron chi connectivity index (χ1n) is 7.60. The minimum atomic E-state index is -0.324. The highest BCUT2D eigenvalue weighted by molar-refractivity contribution is 4.88. The molecule has 0 unspecified atom stereocenters. The quantitative estimate of drug-likeness (QED) is 0.676. The van der Waals surface area contributed by atoms with Gasteiger partial charge in [-0.3, -0.25) is 0 Å². The van der Waals surface area contributed by atoms with Crippen molar-refractivity contribution in [2.45, 2.75) is 91.1 Å². The van der Waals surface area contributed by atoms with Crippen LogP contribution in [0.1, 0.15) is 85.5 Å². The topological polar surface area (TPSA) is 20.2 Å². The van der Waals surface area contributed by atoms with E-state index in [0.717, 1.165) is 25.2 Å². The molecule has 0 aromatic heterocycles. The van der Waals surface area contributed by atoms with Crippen LogP contribution < -0.4 is 0 Å². The molecule has 1 aliphatic rings. The molecule has 1 nitrogen and oxygen atoms in total. The summed E-state index contributed by atoms with van der Waals surface area (Å²) in [7, 11) is 0. The van der Waals surface area contributed by atoms with Crippen LogP contribution in [0.5, 0.6) is 0 Å². The number of unbranched alkanes of at least 4 members (excludes halogenated alkanes) is 3. The highest BCUT2D eigenvalue weighted by atomic mass is 16.3. The van der Waals surface area contributed by atoms with Crippen LogP contribution in [0.15, 0.2) is 0 Å². The zero-order valence-electron chi connectivity index (χ0n) is 12.4. The van der Waals surface area contributed by atoms with Gasteiger partial charge in [0.1, 0.15) is 0 Å². The predicted octanol–water partition coefficient (Wildman–Crippen LogP) is 4.92. The van der Waals surface area contributed by atoms with Gasteiger partial charge < -0.3 is 5.11 Å². The van der Waals surface area contributed by atoms with E-state index >= 15 is 0 Å². The summed E-state index contributed by atoms with van der Waals surface area (Å²) >= 11 is 0. The normalized spacial score (nSPS) is 30.5. The zero-order valence-corrected chi connectivity index (χ0v) is 12.4. The van der Waals surface area contributed by atoms with Crippen molar-refractivity contribution in [2.75, 3.05) is 0 Å². The summed E-state index contributed by atoms with van der Waals surface area (Å²) in [6.07, 6.45) is 10.6. The van der Waals surface area contributed by atoms with E-state index in [1.165, 1.54) is 38.5 Å². The molecule has 0 saturated heterocycles. The molecule has 1 heteroatoms. The van der Waals surface area contributed by atoms with Crippen LogP contribution in [-0.2, 0) is 0 Å². The van der Waals surface area contributed by atoms with Crippen LogP contribution >= 0.6 is 0 Å². The van der Waals surface area contributed by atoms with E-state index in [4.69, 9.17) is 0 Å². The molecule has 0 aromatic carbocycles. The number of rotatable bonds is 5. The molecule has 0 aliphatic heterocycles. The Kier molecular flexibility index (Phi) is 5.50. The van der Waals surface area contributed by atoms with Gasteiger partial charge in [-0.15, -0.1) is 0 Å². The second kappa shape index (κ2) is 6.22. The number of hydrogen-bond acceptors (Lipinski definition) is 1. The Morgan fingerprint density at radius 1 is 1.06 bits per heavy atom. The SMILES string of the molecule is CCCCCCC1(O)CCC(C(C)(C)C)CC1. The largest absolute Gasteiger partial charge is 0.390 e. The van der Waals surface area contributed by atoms with E-state index in [0.29, 0.717) is 5.41 Å². The van der Waals surface area contributed by atoms with Gasteiger partial charge in [0.05, 0.1) is 5.60 Å². The molecule has 1 aliphatic carbocycles. The lowest BCUT2D eigenvalue weighted by Gasteiger charge is -2.41. The molecule has 17 heavy (non-hydrogen) atoms. The Bertz CT molecular complexity index is 206. The highest BCUT2D eigenvalue weighted by Crippen LogP contribution is 2.42. The lowest BCUT2D eigenvalue weighted by Crippen LogP contribution is -2.37. The van der Waals surface area contributed by atoms with Crippen LogP contribution in [0, 0.1) is 11.3 Å². The predicted molar refractivity (Wildman–Crippen MR) is 75.1 cm³/mol. The van der Waals surface area contributed by atoms with E-state index in [1.807, 2.05) is 0 Å². The maximum absolute atomic E-state index is 10.6. The van der Waals surface area contributed by atoms with Crippen molar-refractivity contribution >= 4 is 0 Å². The average Bonchev–Trinajstić information content (AvgIpc) is 2.24. The minimum absolute atomic E-state index is 0.324. The lowest BCUT2D eigenvalue weighted by atomic mass is 9.67. The summed E-state index contributed by atoms with van der Waals surface area (Å²) < 4.78 is 0. The molecule has 0 atom stereocenters. The second-order valence-corrected chi connectivity index (χ2v) is 7.18. The molecule has 0 radical (unpaired) electrons. The van der Waals surface area contributed by atoms with Crippen molar-refractivity contribution < 1.29 is 5.11 Å². The lowest BCUT2D eigenvalue weighted by molar-refractivity contribution is -0.0329. The molecule has 0 bridgehead atoms. The molecule has 0 aromatic rings. The molecule has 0 amide bonds. The highest BCUT2D eigenvalue weighted by Gasteiger charge is 2.36. The van der Waals surface area contributed by atoms with Gasteiger partial charge in [0.15, 0.2) is 0 Å². The Hall–Kier alpha value is -0.0400. The molecular formula is C16H32O. The fourth-order valence-electron chi connectivity index (χ4n) is 3.15. The zero-order chi connectivity index (χ0) is 12.9. The van der Waals surface area contributed by atoms with E-state index in [2.05, 4.69) is 27.7 Å². The summed E-state index contributed by atoms with van der Waals surface area (Å²) in [5.74, 6) is 0.804. The van der Waals surface area contributed by atoms with E-state index < -0.39 is 0 Å². The summed E-state index contributed by atoms with van der Waals surface area (Å²) in [5.41, 5.74) is 0.0963. The van der Waals surface area contributed by atoms with Gasteiger partial charge in [-0.1, -0.05) is 53.4 Å². The summed E-state index contributed by atoms with van der Waals surface area (Å²) in [6.45, 7) is 9.25. The Balaban J connectivity index is 2.29. The third kappa shape index (κ3) is 4.99. The third-order valence-corrected chi connectivity index (χ3v) is 4.64. The average molecular weight is 240 g/mol. The number of aliphatic hydroxyl groups is 1. The van der Waals surface area contributed by atoms with Crippen LogP contribution in [0.2, 0.25) is 0 Å². The van der Waals surface area contributed by atoms with E-state index in [-0.39, 0.29) is 5.60 Å². The van der Waals surface area contributed by atoms with Gasteiger partial charge in [-0.05, 0) is 43.4 Å². The maximum atomic E-state index is 10.6. The van der Waals surface area contributed by atoms with Crippen LogP contribution in [0.25, 0.3) is 0 Å². The molecule has 1 N–H and O–H groups in total. The molecular weight excluding hydrogens is 208 g/mol. The minimum Gasteiger partial charge on any atom is -0.390 e. The summed E-state index contributed by atoms with van der Waals surface area (Å²) in [5, 5.41) is 10.6. The Morgan fingerprint density at radius 3 is 2.12 bits per heavy atom. The maximum Gasteiger partial charge on any atom is 0.0648 e. The Morgan fingerprint density at radius 2 is 1.65 bits per heavy atom. The van der Waals surface area contributed by atoms with Crippen LogP contribution in [0.3, 0.4) is 0 Å². The first kappa shape index (κ1) is 15.0. The van der Waals surface area contributed by atoms with Crippen molar-refractivity contribution in [1.82, 2.24) is 0 Å². The molecule has 102 valence electrons. The van der Waals surface area contributed by atoms with Gasteiger partial charge in [-0.2, -0.15) is 0 Å². The van der Waals surface area contributed by atoms with Crippen LogP contribution in [0.4, 0.5) is 0 Å². The van der Waals surface area contributed by atoms with Crippen molar-refractivity contribution in [1.29, 1.82) is 0 Å². The molecule has 1 saturated carbocycles. The Labute approximate surface area is 108 Å². The van der Waals surface area contributed by atoms with Gasteiger partial charge in [-0.25, -0.2) is 0 Å².